The van der Waals surface area contributed by atoms with Crippen molar-refractivity contribution in [1.29, 1.82) is 0 Å². The smallest absolute Gasteiger partial charge is 0.337 e. The average molecular weight is 538 g/mol. The molecule has 0 saturated carbocycles. The van der Waals surface area contributed by atoms with Gasteiger partial charge in [-0.25, -0.2) is 4.79 Å². The lowest BCUT2D eigenvalue weighted by molar-refractivity contribution is -0.132. The molecule has 0 bridgehead atoms. The number of ether oxygens (including phenoxy) is 4. The topological polar surface area (TPSA) is 112 Å². The fraction of sp³-hybridized carbons (Fsp3) is 0.179. The Balaban J connectivity index is 2.02. The summed E-state index contributed by atoms with van der Waals surface area (Å²) >= 11 is 6.32. The first-order valence-corrected chi connectivity index (χ1v) is 11.7. The summed E-state index contributed by atoms with van der Waals surface area (Å²) in [6.07, 6.45) is 0. The van der Waals surface area contributed by atoms with Crippen LogP contribution in [0.1, 0.15) is 27.5 Å². The maximum absolute atomic E-state index is 13.5. The van der Waals surface area contributed by atoms with Crippen molar-refractivity contribution >= 4 is 40.7 Å². The normalized spacial score (nSPS) is 16.3. The van der Waals surface area contributed by atoms with E-state index >= 15 is 0 Å². The van der Waals surface area contributed by atoms with Gasteiger partial charge in [0.25, 0.3) is 11.7 Å². The Kier molecular flexibility index (Phi) is 7.59. The van der Waals surface area contributed by atoms with Gasteiger partial charge in [0.1, 0.15) is 23.0 Å². The van der Waals surface area contributed by atoms with Crippen molar-refractivity contribution in [3.05, 3.63) is 87.9 Å². The molecule has 3 aromatic rings. The van der Waals surface area contributed by atoms with Gasteiger partial charge in [-0.15, -0.1) is 0 Å². The lowest BCUT2D eigenvalue weighted by atomic mass is 9.94. The largest absolute Gasteiger partial charge is 0.507 e. The van der Waals surface area contributed by atoms with E-state index in [2.05, 4.69) is 0 Å². The number of methoxy groups -OCH3 is 4. The van der Waals surface area contributed by atoms with Gasteiger partial charge in [0.15, 0.2) is 0 Å². The Morgan fingerprint density at radius 3 is 2.21 bits per heavy atom. The van der Waals surface area contributed by atoms with E-state index in [9.17, 15) is 19.5 Å². The number of carbonyl (C=O) groups is 3. The third-order valence-electron chi connectivity index (χ3n) is 6.15. The molecule has 0 aliphatic carbocycles. The molecule has 38 heavy (non-hydrogen) atoms. The second-order valence-corrected chi connectivity index (χ2v) is 8.55. The predicted octanol–water partition coefficient (Wildman–Crippen LogP) is 4.78. The highest BCUT2D eigenvalue weighted by Crippen LogP contribution is 2.46. The lowest BCUT2D eigenvalue weighted by Crippen LogP contribution is -2.29. The summed E-state index contributed by atoms with van der Waals surface area (Å²) in [4.78, 5) is 40.4. The van der Waals surface area contributed by atoms with Crippen molar-refractivity contribution in [1.82, 2.24) is 0 Å². The summed E-state index contributed by atoms with van der Waals surface area (Å²) in [7, 11) is 5.50. The molecule has 1 unspecified atom stereocenters. The van der Waals surface area contributed by atoms with Crippen LogP contribution in [0.15, 0.2) is 66.2 Å². The van der Waals surface area contributed by atoms with Crippen LogP contribution in [0, 0.1) is 0 Å². The minimum absolute atomic E-state index is 0.0829. The van der Waals surface area contributed by atoms with Gasteiger partial charge >= 0.3 is 5.97 Å². The van der Waals surface area contributed by atoms with E-state index in [1.807, 2.05) is 0 Å². The fourth-order valence-electron chi connectivity index (χ4n) is 4.38. The Hall–Kier alpha value is -4.50. The van der Waals surface area contributed by atoms with Crippen LogP contribution in [0.25, 0.3) is 5.76 Å². The Labute approximate surface area is 223 Å². The van der Waals surface area contributed by atoms with Crippen LogP contribution in [0.4, 0.5) is 5.69 Å². The molecule has 1 atom stereocenters. The molecule has 1 N–H and O–H groups in total. The predicted molar refractivity (Wildman–Crippen MR) is 140 cm³/mol. The molecule has 1 amide bonds. The lowest BCUT2D eigenvalue weighted by Gasteiger charge is -2.27. The molecule has 3 aromatic carbocycles. The van der Waals surface area contributed by atoms with Crippen molar-refractivity contribution in [2.24, 2.45) is 0 Å². The number of anilines is 1. The standard InChI is InChI=1S/C28H24ClNO8/c1-35-20-11-6-5-10-17(20)24-23(25(31)18-13-19(29)22(37-3)14-21(18)36-2)26(32)27(33)30(24)16-9-7-8-15(12-16)28(34)38-4/h5-14,24,31H,1-4H3/b25-23+. The number of Topliss-reactive ketones (excluding diaryl/α,β-unsaturated/α-hetero) is 1. The van der Waals surface area contributed by atoms with Gasteiger partial charge < -0.3 is 24.1 Å². The number of rotatable bonds is 7. The summed E-state index contributed by atoms with van der Waals surface area (Å²) < 4.78 is 21.0. The number of aliphatic hydroxyl groups excluding tert-OH is 1. The highest BCUT2D eigenvalue weighted by molar-refractivity contribution is 6.52. The molecule has 0 radical (unpaired) electrons. The zero-order chi connectivity index (χ0) is 27.6. The highest BCUT2D eigenvalue weighted by atomic mass is 35.5. The van der Waals surface area contributed by atoms with Crippen LogP contribution in [-0.4, -0.2) is 51.2 Å². The van der Waals surface area contributed by atoms with E-state index < -0.39 is 29.5 Å². The van der Waals surface area contributed by atoms with Crippen molar-refractivity contribution in [3.8, 4) is 17.2 Å². The number of amides is 1. The second-order valence-electron chi connectivity index (χ2n) is 8.14. The molecule has 10 heteroatoms. The molecular weight excluding hydrogens is 514 g/mol. The zero-order valence-electron chi connectivity index (χ0n) is 21.0. The van der Waals surface area contributed by atoms with Crippen LogP contribution in [0.5, 0.6) is 17.2 Å². The molecule has 4 rings (SSSR count). The average Bonchev–Trinajstić information content (AvgIpc) is 3.21. The van der Waals surface area contributed by atoms with Crippen LogP contribution < -0.4 is 19.1 Å². The van der Waals surface area contributed by atoms with Gasteiger partial charge in [-0.1, -0.05) is 35.9 Å². The van der Waals surface area contributed by atoms with Crippen molar-refractivity contribution in [2.75, 3.05) is 33.3 Å². The van der Waals surface area contributed by atoms with E-state index in [1.165, 1.54) is 57.6 Å². The molecule has 1 aliphatic rings. The third kappa shape index (κ3) is 4.52. The molecule has 1 fully saturated rings. The minimum atomic E-state index is -1.12. The molecule has 0 aromatic heterocycles. The van der Waals surface area contributed by atoms with Crippen molar-refractivity contribution in [3.63, 3.8) is 0 Å². The Morgan fingerprint density at radius 2 is 1.55 bits per heavy atom. The zero-order valence-corrected chi connectivity index (χ0v) is 21.7. The van der Waals surface area contributed by atoms with Crippen LogP contribution >= 0.6 is 11.6 Å². The molecule has 1 aliphatic heterocycles. The van der Waals surface area contributed by atoms with E-state index in [4.69, 9.17) is 30.5 Å². The molecule has 0 spiro atoms. The number of para-hydroxylation sites is 1. The van der Waals surface area contributed by atoms with Crippen LogP contribution in [0.3, 0.4) is 0 Å². The molecule has 1 heterocycles. The fourth-order valence-corrected chi connectivity index (χ4v) is 4.62. The number of carbonyl (C=O) groups excluding carboxylic acids is 3. The summed E-state index contributed by atoms with van der Waals surface area (Å²) in [5, 5.41) is 11.7. The summed E-state index contributed by atoms with van der Waals surface area (Å²) in [6.45, 7) is 0. The summed E-state index contributed by atoms with van der Waals surface area (Å²) in [5.41, 5.74) is 0.707. The van der Waals surface area contributed by atoms with Gasteiger partial charge in [-0.2, -0.15) is 0 Å². The first-order valence-electron chi connectivity index (χ1n) is 11.3. The van der Waals surface area contributed by atoms with Crippen molar-refractivity contribution < 1.29 is 38.4 Å². The number of aliphatic hydroxyl groups is 1. The maximum Gasteiger partial charge on any atom is 0.337 e. The summed E-state index contributed by atoms with van der Waals surface area (Å²) in [6, 6.07) is 14.6. The van der Waals surface area contributed by atoms with Crippen LogP contribution in [0.2, 0.25) is 5.02 Å². The van der Waals surface area contributed by atoms with E-state index in [0.29, 0.717) is 17.1 Å². The minimum Gasteiger partial charge on any atom is -0.507 e. The monoisotopic (exact) mass is 537 g/mol. The van der Waals surface area contributed by atoms with Crippen LogP contribution in [-0.2, 0) is 14.3 Å². The third-order valence-corrected chi connectivity index (χ3v) is 6.45. The van der Waals surface area contributed by atoms with E-state index in [0.717, 1.165) is 0 Å². The van der Waals surface area contributed by atoms with Crippen molar-refractivity contribution in [2.45, 2.75) is 6.04 Å². The van der Waals surface area contributed by atoms with Gasteiger partial charge in [0.05, 0.1) is 56.2 Å². The number of esters is 1. The second kappa shape index (κ2) is 10.9. The molecule has 1 saturated heterocycles. The quantitative estimate of drug-likeness (QED) is 0.198. The first-order chi connectivity index (χ1) is 18.3. The number of benzene rings is 3. The van der Waals surface area contributed by atoms with Gasteiger partial charge in [0, 0.05) is 17.3 Å². The van der Waals surface area contributed by atoms with Gasteiger partial charge in [-0.05, 0) is 30.3 Å². The Morgan fingerprint density at radius 1 is 0.868 bits per heavy atom. The number of hydrogen-bond acceptors (Lipinski definition) is 8. The van der Waals surface area contributed by atoms with Gasteiger partial charge in [0.2, 0.25) is 0 Å². The molecular formula is C28H24ClNO8. The summed E-state index contributed by atoms with van der Waals surface area (Å²) in [5.74, 6) is -2.15. The molecule has 9 nitrogen and oxygen atoms in total. The first kappa shape index (κ1) is 26.6. The number of hydrogen-bond donors (Lipinski definition) is 1. The number of nitrogens with zero attached hydrogens (tertiary/aromatic N) is 1. The number of halogens is 1. The Bertz CT molecular complexity index is 1460. The van der Waals surface area contributed by atoms with E-state index in [-0.39, 0.29) is 33.2 Å². The van der Waals surface area contributed by atoms with E-state index in [1.54, 1.807) is 36.4 Å². The number of ketones is 1. The molecule has 196 valence electrons. The van der Waals surface area contributed by atoms with Gasteiger partial charge in [-0.3, -0.25) is 14.5 Å². The highest BCUT2D eigenvalue weighted by Gasteiger charge is 2.48. The maximum atomic E-state index is 13.5. The SMILES string of the molecule is COC(=O)c1cccc(N2C(=O)C(=O)/C(=C(/O)c3cc(Cl)c(OC)cc3OC)C2c2ccccc2OC)c1.